The fourth-order valence-corrected chi connectivity index (χ4v) is 2.22. The van der Waals surface area contributed by atoms with Gasteiger partial charge in [0.05, 0.1) is 17.9 Å². The summed E-state index contributed by atoms with van der Waals surface area (Å²) in [6, 6.07) is -0.214. The summed E-state index contributed by atoms with van der Waals surface area (Å²) in [6.45, 7) is 0.676. The van der Waals surface area contributed by atoms with Crippen LogP contribution in [-0.2, 0) is 0 Å². The Balaban J connectivity index is 1.64. The van der Waals surface area contributed by atoms with Crippen LogP contribution in [0, 0.1) is 0 Å². The Morgan fingerprint density at radius 2 is 2.41 bits per heavy atom. The first-order valence-corrected chi connectivity index (χ1v) is 6.58. The summed E-state index contributed by atoms with van der Waals surface area (Å²) in [6.07, 6.45) is 9.73. The van der Waals surface area contributed by atoms with Crippen molar-refractivity contribution in [3.8, 4) is 0 Å². The molecule has 0 bridgehead atoms. The first kappa shape index (κ1) is 12.0. The molecule has 0 saturated heterocycles. The van der Waals surface area contributed by atoms with E-state index in [1.165, 1.54) is 37.5 Å². The molecule has 0 radical (unpaired) electrons. The number of nitrogens with one attached hydrogen (secondary N) is 2. The molecule has 92 valence electrons. The first-order valence-electron chi connectivity index (χ1n) is 5.85. The Morgan fingerprint density at radius 3 is 3.12 bits per heavy atom. The number of allylic oxidation sites excluding steroid dienone is 1. The predicted octanol–water partition coefficient (Wildman–Crippen LogP) is 2.55. The molecule has 0 unspecified atom stereocenters. The van der Waals surface area contributed by atoms with Gasteiger partial charge in [0.2, 0.25) is 0 Å². The number of amides is 2. The molecule has 0 spiro atoms. The number of hydrogen-bond donors (Lipinski definition) is 2. The van der Waals surface area contributed by atoms with Gasteiger partial charge in [0, 0.05) is 6.54 Å². The Morgan fingerprint density at radius 1 is 1.47 bits per heavy atom. The summed E-state index contributed by atoms with van der Waals surface area (Å²) in [5.41, 5.74) is 1.46. The van der Waals surface area contributed by atoms with Crippen LogP contribution in [0.5, 0.6) is 0 Å². The molecule has 6 heteroatoms. The van der Waals surface area contributed by atoms with Crippen molar-refractivity contribution in [2.24, 2.45) is 0 Å². The molecule has 1 aromatic rings. The number of carbonyl (C=O) groups excluding carboxylic acids is 1. The number of nitrogens with zero attached hydrogens (tertiary/aromatic N) is 2. The summed E-state index contributed by atoms with van der Waals surface area (Å²) in [4.78, 5) is 11.4. The maximum atomic E-state index is 11.4. The lowest BCUT2D eigenvalue weighted by Gasteiger charge is -2.12. The number of carbonyl (C=O) groups is 1. The van der Waals surface area contributed by atoms with E-state index in [-0.39, 0.29) is 6.03 Å². The summed E-state index contributed by atoms with van der Waals surface area (Å²) in [5.74, 6) is 0.504. The van der Waals surface area contributed by atoms with E-state index in [1.54, 1.807) is 0 Å². The van der Waals surface area contributed by atoms with E-state index in [1.807, 2.05) is 0 Å². The lowest BCUT2D eigenvalue weighted by Crippen LogP contribution is -2.29. The Hall–Kier alpha value is -1.43. The fourth-order valence-electron chi connectivity index (χ4n) is 1.85. The molecule has 0 saturated carbocycles. The van der Waals surface area contributed by atoms with E-state index in [0.717, 1.165) is 18.1 Å². The van der Waals surface area contributed by atoms with E-state index in [2.05, 4.69) is 25.5 Å². The Labute approximate surface area is 105 Å². The number of rotatable bonds is 4. The van der Waals surface area contributed by atoms with Gasteiger partial charge in [-0.25, -0.2) is 4.79 Å². The van der Waals surface area contributed by atoms with Crippen LogP contribution in [-0.4, -0.2) is 21.3 Å². The third kappa shape index (κ3) is 4.14. The number of urea groups is 1. The summed E-state index contributed by atoms with van der Waals surface area (Å²) < 4.78 is 7.71. The highest BCUT2D eigenvalue weighted by Crippen LogP contribution is 2.19. The SMILES string of the molecule is O=C(NCCC1=CCCCC1)Nc1cnsn1. The van der Waals surface area contributed by atoms with Crippen LogP contribution in [0.2, 0.25) is 0 Å². The average molecular weight is 252 g/mol. The van der Waals surface area contributed by atoms with Crippen molar-refractivity contribution >= 4 is 23.6 Å². The second-order valence-corrected chi connectivity index (χ2v) is 4.59. The minimum absolute atomic E-state index is 0.214. The highest BCUT2D eigenvalue weighted by molar-refractivity contribution is 6.99. The van der Waals surface area contributed by atoms with Crippen molar-refractivity contribution in [1.29, 1.82) is 0 Å². The van der Waals surface area contributed by atoms with Crippen LogP contribution < -0.4 is 10.6 Å². The Bertz CT molecular complexity index is 388. The average Bonchev–Trinajstić information content (AvgIpc) is 2.83. The smallest absolute Gasteiger partial charge is 0.320 e. The lowest BCUT2D eigenvalue weighted by molar-refractivity contribution is 0.252. The normalized spacial score (nSPS) is 15.2. The highest BCUT2D eigenvalue weighted by atomic mass is 32.1. The van der Waals surface area contributed by atoms with Crippen LogP contribution >= 0.6 is 11.7 Å². The largest absolute Gasteiger partial charge is 0.338 e. The van der Waals surface area contributed by atoms with Gasteiger partial charge in [-0.05, 0) is 32.1 Å². The number of anilines is 1. The molecule has 1 heterocycles. The molecule has 2 amide bonds. The van der Waals surface area contributed by atoms with E-state index in [0.29, 0.717) is 12.4 Å². The van der Waals surface area contributed by atoms with Gasteiger partial charge in [0.15, 0.2) is 5.82 Å². The third-order valence-electron chi connectivity index (χ3n) is 2.72. The quantitative estimate of drug-likeness (QED) is 0.809. The maximum Gasteiger partial charge on any atom is 0.320 e. The molecule has 0 fully saturated rings. The second kappa shape index (κ2) is 6.34. The van der Waals surface area contributed by atoms with E-state index in [4.69, 9.17) is 0 Å². The zero-order chi connectivity index (χ0) is 11.9. The lowest BCUT2D eigenvalue weighted by atomic mass is 9.97. The second-order valence-electron chi connectivity index (χ2n) is 4.03. The van der Waals surface area contributed by atoms with Gasteiger partial charge in [0.1, 0.15) is 0 Å². The molecule has 2 rings (SSSR count). The van der Waals surface area contributed by atoms with Crippen molar-refractivity contribution in [2.75, 3.05) is 11.9 Å². The van der Waals surface area contributed by atoms with Crippen LogP contribution in [0.4, 0.5) is 10.6 Å². The first-order chi connectivity index (χ1) is 8.34. The minimum Gasteiger partial charge on any atom is -0.338 e. The summed E-state index contributed by atoms with van der Waals surface area (Å²) >= 11 is 1.08. The molecule has 0 aliphatic heterocycles. The Kier molecular flexibility index (Phi) is 4.49. The highest BCUT2D eigenvalue weighted by Gasteiger charge is 2.05. The van der Waals surface area contributed by atoms with E-state index < -0.39 is 0 Å². The maximum absolute atomic E-state index is 11.4. The molecule has 1 aliphatic carbocycles. The van der Waals surface area contributed by atoms with Crippen molar-refractivity contribution < 1.29 is 4.79 Å². The zero-order valence-electron chi connectivity index (χ0n) is 9.61. The molecular formula is C11H16N4OS. The van der Waals surface area contributed by atoms with Crippen molar-refractivity contribution in [3.05, 3.63) is 17.8 Å². The van der Waals surface area contributed by atoms with Crippen molar-refractivity contribution in [2.45, 2.75) is 32.1 Å². The van der Waals surface area contributed by atoms with Gasteiger partial charge in [0.25, 0.3) is 0 Å². The van der Waals surface area contributed by atoms with Crippen LogP contribution in [0.25, 0.3) is 0 Å². The molecule has 2 N–H and O–H groups in total. The molecule has 5 nitrogen and oxygen atoms in total. The van der Waals surface area contributed by atoms with Crippen LogP contribution in [0.15, 0.2) is 17.8 Å². The van der Waals surface area contributed by atoms with Crippen LogP contribution in [0.1, 0.15) is 32.1 Å². The van der Waals surface area contributed by atoms with E-state index in [9.17, 15) is 4.79 Å². The van der Waals surface area contributed by atoms with Gasteiger partial charge >= 0.3 is 6.03 Å². The summed E-state index contributed by atoms with van der Waals surface area (Å²) in [7, 11) is 0. The topological polar surface area (TPSA) is 66.9 Å². The van der Waals surface area contributed by atoms with Gasteiger partial charge in [-0.2, -0.15) is 8.75 Å². The molecule has 17 heavy (non-hydrogen) atoms. The zero-order valence-corrected chi connectivity index (χ0v) is 10.4. The van der Waals surface area contributed by atoms with Crippen molar-refractivity contribution in [1.82, 2.24) is 14.1 Å². The summed E-state index contributed by atoms with van der Waals surface area (Å²) in [5, 5.41) is 5.44. The third-order valence-corrected chi connectivity index (χ3v) is 3.20. The standard InChI is InChI=1S/C11H16N4OS/c16-11(14-10-8-13-17-15-10)12-7-6-9-4-2-1-3-5-9/h4,8H,1-3,5-7H2,(H2,12,14,15,16). The minimum atomic E-state index is -0.214. The molecular weight excluding hydrogens is 236 g/mol. The fraction of sp³-hybridized carbons (Fsp3) is 0.545. The van der Waals surface area contributed by atoms with Gasteiger partial charge in [-0.15, -0.1) is 0 Å². The van der Waals surface area contributed by atoms with Gasteiger partial charge < -0.3 is 5.32 Å². The molecule has 1 aromatic heterocycles. The predicted molar refractivity (Wildman–Crippen MR) is 68.1 cm³/mol. The number of aromatic nitrogens is 2. The van der Waals surface area contributed by atoms with Crippen LogP contribution in [0.3, 0.4) is 0 Å². The number of hydrogen-bond acceptors (Lipinski definition) is 4. The van der Waals surface area contributed by atoms with Gasteiger partial charge in [-0.1, -0.05) is 11.6 Å². The van der Waals surface area contributed by atoms with Crippen molar-refractivity contribution in [3.63, 3.8) is 0 Å². The molecule has 0 aromatic carbocycles. The molecule has 0 atom stereocenters. The molecule has 1 aliphatic rings. The monoisotopic (exact) mass is 252 g/mol. The van der Waals surface area contributed by atoms with E-state index >= 15 is 0 Å². The van der Waals surface area contributed by atoms with Gasteiger partial charge in [-0.3, -0.25) is 5.32 Å².